The van der Waals surface area contributed by atoms with Crippen LogP contribution in [0.5, 0.6) is 0 Å². The third-order valence-electron chi connectivity index (χ3n) is 4.29. The monoisotopic (exact) mass is 305 g/mol. The lowest BCUT2D eigenvalue weighted by molar-refractivity contribution is 0.260. The van der Waals surface area contributed by atoms with Gasteiger partial charge in [-0.15, -0.1) is 0 Å². The average Bonchev–Trinajstić information content (AvgIpc) is 3.04. The summed E-state index contributed by atoms with van der Waals surface area (Å²) >= 11 is 0. The predicted octanol–water partition coefficient (Wildman–Crippen LogP) is 3.69. The number of hydrogen-bond acceptors (Lipinski definition) is 4. The van der Waals surface area contributed by atoms with Crippen molar-refractivity contribution in [1.82, 2.24) is 14.9 Å². The van der Waals surface area contributed by atoms with Crippen LogP contribution in [0.25, 0.3) is 11.6 Å². The average molecular weight is 305 g/mol. The Morgan fingerprint density at radius 1 is 1.00 bits per heavy atom. The Labute approximate surface area is 135 Å². The molecule has 4 heteroatoms. The Morgan fingerprint density at radius 3 is 2.61 bits per heavy atom. The van der Waals surface area contributed by atoms with E-state index < -0.39 is 0 Å². The zero-order valence-electron chi connectivity index (χ0n) is 13.0. The number of hydrogen-bond donors (Lipinski definition) is 0. The van der Waals surface area contributed by atoms with Crippen molar-refractivity contribution in [2.45, 2.75) is 25.9 Å². The van der Waals surface area contributed by atoms with Gasteiger partial charge in [-0.3, -0.25) is 4.90 Å². The van der Waals surface area contributed by atoms with Crippen LogP contribution >= 0.6 is 0 Å². The van der Waals surface area contributed by atoms with Crippen molar-refractivity contribution in [3.63, 3.8) is 0 Å². The molecule has 0 aliphatic carbocycles. The molecule has 0 atom stereocenters. The molecule has 0 radical (unpaired) electrons. The quantitative estimate of drug-likeness (QED) is 0.740. The summed E-state index contributed by atoms with van der Waals surface area (Å²) in [6.07, 6.45) is 7.81. The van der Waals surface area contributed by atoms with Crippen LogP contribution in [-0.2, 0) is 19.5 Å². The van der Waals surface area contributed by atoms with E-state index in [1.54, 1.807) is 6.26 Å². The Morgan fingerprint density at radius 2 is 1.83 bits per heavy atom. The van der Waals surface area contributed by atoms with E-state index in [0.717, 1.165) is 25.2 Å². The van der Waals surface area contributed by atoms with Gasteiger partial charge in [-0.25, -0.2) is 9.97 Å². The third-order valence-corrected chi connectivity index (χ3v) is 4.29. The van der Waals surface area contributed by atoms with Crippen LogP contribution in [0.2, 0.25) is 0 Å². The number of nitrogens with zero attached hydrogens (tertiary/aromatic N) is 3. The summed E-state index contributed by atoms with van der Waals surface area (Å²) in [5.41, 5.74) is 4.07. The first-order valence-electron chi connectivity index (χ1n) is 8.02. The van der Waals surface area contributed by atoms with Crippen LogP contribution in [0.4, 0.5) is 0 Å². The van der Waals surface area contributed by atoms with E-state index in [9.17, 15) is 0 Å². The molecule has 0 unspecified atom stereocenters. The molecule has 1 aliphatic rings. The van der Waals surface area contributed by atoms with Gasteiger partial charge in [0, 0.05) is 31.0 Å². The fraction of sp³-hybridized carbons (Fsp3) is 0.263. The highest BCUT2D eigenvalue weighted by Gasteiger charge is 2.14. The van der Waals surface area contributed by atoms with Crippen LogP contribution < -0.4 is 0 Å². The van der Waals surface area contributed by atoms with Crippen LogP contribution in [0.1, 0.15) is 23.1 Å². The molecule has 0 N–H and O–H groups in total. The standard InChI is InChI=1S/C19H19N3O/c1-2-6-17-14-22(9-3-7-16(17)5-1)13-15-11-20-19(21-12-15)18-8-4-10-23-18/h1-2,4-6,8,10-12H,3,7,9,13-14H2. The number of rotatable bonds is 3. The smallest absolute Gasteiger partial charge is 0.195 e. The lowest BCUT2D eigenvalue weighted by Gasteiger charge is -2.20. The lowest BCUT2D eigenvalue weighted by Crippen LogP contribution is -2.22. The fourth-order valence-corrected chi connectivity index (χ4v) is 3.13. The summed E-state index contributed by atoms with van der Waals surface area (Å²) in [5.74, 6) is 1.35. The number of aromatic nitrogens is 2. The van der Waals surface area contributed by atoms with Gasteiger partial charge in [-0.2, -0.15) is 0 Å². The highest BCUT2D eigenvalue weighted by molar-refractivity contribution is 5.45. The summed E-state index contributed by atoms with van der Waals surface area (Å²) in [7, 11) is 0. The molecule has 0 amide bonds. The van der Waals surface area contributed by atoms with E-state index in [1.165, 1.54) is 24.0 Å². The van der Waals surface area contributed by atoms with Crippen molar-refractivity contribution in [2.75, 3.05) is 6.54 Å². The molecule has 3 heterocycles. The molecule has 0 saturated carbocycles. The van der Waals surface area contributed by atoms with Gasteiger partial charge < -0.3 is 4.42 Å². The van der Waals surface area contributed by atoms with E-state index in [-0.39, 0.29) is 0 Å². The predicted molar refractivity (Wildman–Crippen MR) is 88.6 cm³/mol. The summed E-state index contributed by atoms with van der Waals surface area (Å²) in [6, 6.07) is 12.5. The molecular weight excluding hydrogens is 286 g/mol. The van der Waals surface area contributed by atoms with Crippen LogP contribution in [0.15, 0.2) is 59.5 Å². The van der Waals surface area contributed by atoms with Crippen molar-refractivity contribution < 1.29 is 4.42 Å². The maximum atomic E-state index is 5.33. The van der Waals surface area contributed by atoms with Gasteiger partial charge in [-0.1, -0.05) is 24.3 Å². The van der Waals surface area contributed by atoms with Crippen LogP contribution in [-0.4, -0.2) is 21.4 Å². The molecule has 0 saturated heterocycles. The van der Waals surface area contributed by atoms with Gasteiger partial charge >= 0.3 is 0 Å². The summed E-state index contributed by atoms with van der Waals surface area (Å²) < 4.78 is 5.33. The zero-order valence-corrected chi connectivity index (χ0v) is 13.0. The van der Waals surface area contributed by atoms with Gasteiger partial charge in [0.2, 0.25) is 0 Å². The molecule has 116 valence electrons. The maximum Gasteiger partial charge on any atom is 0.195 e. The first-order chi connectivity index (χ1) is 11.4. The number of furan rings is 1. The van der Waals surface area contributed by atoms with Gasteiger partial charge in [0.05, 0.1) is 6.26 Å². The summed E-state index contributed by atoms with van der Waals surface area (Å²) in [5, 5.41) is 0. The van der Waals surface area contributed by atoms with Gasteiger partial charge in [0.25, 0.3) is 0 Å². The second-order valence-corrected chi connectivity index (χ2v) is 5.98. The minimum Gasteiger partial charge on any atom is -0.461 e. The highest BCUT2D eigenvalue weighted by atomic mass is 16.3. The first-order valence-corrected chi connectivity index (χ1v) is 8.02. The topological polar surface area (TPSA) is 42.2 Å². The Hall–Kier alpha value is -2.46. The number of fused-ring (bicyclic) bond motifs is 1. The normalized spacial score (nSPS) is 15.1. The SMILES string of the molecule is c1coc(-c2ncc(CN3CCCc4ccccc4C3)cn2)c1. The van der Waals surface area contributed by atoms with E-state index >= 15 is 0 Å². The Bertz CT molecular complexity index is 766. The van der Waals surface area contributed by atoms with E-state index in [2.05, 4.69) is 39.1 Å². The van der Waals surface area contributed by atoms with Crippen molar-refractivity contribution in [3.8, 4) is 11.6 Å². The van der Waals surface area contributed by atoms with Gasteiger partial charge in [0.1, 0.15) is 0 Å². The largest absolute Gasteiger partial charge is 0.461 e. The minimum atomic E-state index is 0.639. The molecule has 3 aromatic rings. The second kappa shape index (κ2) is 6.34. The molecule has 4 rings (SSSR count). The number of benzene rings is 1. The molecular formula is C19H19N3O. The van der Waals surface area contributed by atoms with Crippen LogP contribution in [0.3, 0.4) is 0 Å². The van der Waals surface area contributed by atoms with Crippen LogP contribution in [0, 0.1) is 0 Å². The van der Waals surface area contributed by atoms with E-state index in [4.69, 9.17) is 4.42 Å². The first kappa shape index (κ1) is 14.2. The van der Waals surface area contributed by atoms with Crippen molar-refractivity contribution in [1.29, 1.82) is 0 Å². The Balaban J connectivity index is 1.48. The Kier molecular flexibility index (Phi) is 3.90. The second-order valence-electron chi connectivity index (χ2n) is 5.98. The zero-order chi connectivity index (χ0) is 15.5. The minimum absolute atomic E-state index is 0.639. The van der Waals surface area contributed by atoms with Crippen molar-refractivity contribution in [3.05, 3.63) is 71.7 Å². The molecule has 0 fully saturated rings. The highest BCUT2D eigenvalue weighted by Crippen LogP contribution is 2.20. The molecule has 23 heavy (non-hydrogen) atoms. The maximum absolute atomic E-state index is 5.33. The van der Waals surface area contributed by atoms with E-state index in [1.807, 2.05) is 24.5 Å². The molecule has 4 nitrogen and oxygen atoms in total. The summed E-state index contributed by atoms with van der Waals surface area (Å²) in [6.45, 7) is 2.98. The molecule has 0 spiro atoms. The molecule has 0 bridgehead atoms. The van der Waals surface area contributed by atoms with Gasteiger partial charge in [-0.05, 0) is 42.6 Å². The summed E-state index contributed by atoms with van der Waals surface area (Å²) in [4.78, 5) is 11.3. The van der Waals surface area contributed by atoms with Gasteiger partial charge in [0.15, 0.2) is 11.6 Å². The molecule has 1 aliphatic heterocycles. The lowest BCUT2D eigenvalue weighted by atomic mass is 10.0. The molecule has 2 aromatic heterocycles. The third kappa shape index (κ3) is 3.17. The van der Waals surface area contributed by atoms with E-state index in [0.29, 0.717) is 11.6 Å². The number of aryl methyl sites for hydroxylation is 1. The fourth-order valence-electron chi connectivity index (χ4n) is 3.13. The van der Waals surface area contributed by atoms with Crippen molar-refractivity contribution >= 4 is 0 Å². The molecule has 1 aromatic carbocycles. The van der Waals surface area contributed by atoms with Crippen molar-refractivity contribution in [2.24, 2.45) is 0 Å².